The topological polar surface area (TPSA) is 0 Å². The van der Waals surface area contributed by atoms with Gasteiger partial charge in [0.25, 0.3) is 0 Å². The Morgan fingerprint density at radius 1 is 0.741 bits per heavy atom. The molecule has 3 heteroatoms. The SMILES string of the molecule is CC1[C](C2C(c3ccccc3)=Cc3ccccc32)C(C)C(C)C1C.[Cl][Zr][Cl]. The van der Waals surface area contributed by atoms with Crippen LogP contribution in [0.25, 0.3) is 11.6 Å². The number of fused-ring (bicyclic) bond motifs is 1. The third kappa shape index (κ3) is 4.17. The number of hydrogen-bond donors (Lipinski definition) is 0. The molecule has 0 N–H and O–H groups in total. The van der Waals surface area contributed by atoms with Crippen molar-refractivity contribution in [2.24, 2.45) is 23.7 Å². The fourth-order valence-corrected chi connectivity index (χ4v) is 5.02. The van der Waals surface area contributed by atoms with E-state index >= 15 is 0 Å². The van der Waals surface area contributed by atoms with Gasteiger partial charge in [0, 0.05) is 5.92 Å². The number of allylic oxidation sites excluding steroid dienone is 1. The summed E-state index contributed by atoms with van der Waals surface area (Å²) in [6, 6.07) is 19.9. The molecule has 5 unspecified atom stereocenters. The molecular formula is C24H27Cl2Zr. The van der Waals surface area contributed by atoms with Gasteiger partial charge < -0.3 is 0 Å². The van der Waals surface area contributed by atoms with Crippen molar-refractivity contribution in [3.8, 4) is 0 Å². The summed E-state index contributed by atoms with van der Waals surface area (Å²) in [5.74, 6) is 5.09. The van der Waals surface area contributed by atoms with Crippen molar-refractivity contribution in [1.29, 1.82) is 0 Å². The maximum absolute atomic E-state index is 4.93. The summed E-state index contributed by atoms with van der Waals surface area (Å²) < 4.78 is 0. The van der Waals surface area contributed by atoms with Gasteiger partial charge in [-0.1, -0.05) is 88.4 Å². The van der Waals surface area contributed by atoms with Gasteiger partial charge in [0.1, 0.15) is 0 Å². The Labute approximate surface area is 183 Å². The molecule has 0 aromatic heterocycles. The Kier molecular flexibility index (Phi) is 7.46. The molecule has 0 heterocycles. The van der Waals surface area contributed by atoms with Gasteiger partial charge in [-0.05, 0) is 51.9 Å². The van der Waals surface area contributed by atoms with Gasteiger partial charge in [-0.3, -0.25) is 0 Å². The zero-order chi connectivity index (χ0) is 19.6. The van der Waals surface area contributed by atoms with Crippen LogP contribution in [0, 0.1) is 29.6 Å². The number of halogens is 2. The van der Waals surface area contributed by atoms with Crippen LogP contribution in [-0.2, 0) is 20.8 Å². The Hall–Kier alpha value is -0.357. The van der Waals surface area contributed by atoms with Crippen LogP contribution >= 0.6 is 17.0 Å². The quantitative estimate of drug-likeness (QED) is 0.413. The second-order valence-corrected chi connectivity index (χ2v) is 11.6. The molecule has 4 rings (SSSR count). The van der Waals surface area contributed by atoms with E-state index in [-0.39, 0.29) is 0 Å². The average molecular weight is 478 g/mol. The van der Waals surface area contributed by atoms with Crippen LogP contribution in [0.4, 0.5) is 0 Å². The van der Waals surface area contributed by atoms with Gasteiger partial charge in [-0.15, -0.1) is 0 Å². The first-order valence-electron chi connectivity index (χ1n) is 9.70. The average Bonchev–Trinajstić information content (AvgIpc) is 3.15. The fraction of sp³-hybridized carbons (Fsp3) is 0.375. The minimum absolute atomic E-state index is 0.459. The molecule has 2 aromatic rings. The third-order valence-corrected chi connectivity index (χ3v) is 6.83. The molecule has 1 radical (unpaired) electrons. The van der Waals surface area contributed by atoms with Crippen molar-refractivity contribution < 1.29 is 20.8 Å². The van der Waals surface area contributed by atoms with Crippen molar-refractivity contribution in [3.05, 3.63) is 77.2 Å². The first kappa shape index (κ1) is 21.4. The van der Waals surface area contributed by atoms with E-state index in [0.717, 1.165) is 11.8 Å². The molecule has 5 atom stereocenters. The van der Waals surface area contributed by atoms with Crippen LogP contribution in [0.3, 0.4) is 0 Å². The van der Waals surface area contributed by atoms with E-state index in [4.69, 9.17) is 17.0 Å². The molecule has 0 spiro atoms. The number of rotatable bonds is 2. The van der Waals surface area contributed by atoms with Gasteiger partial charge in [-0.25, -0.2) is 0 Å². The summed E-state index contributed by atoms with van der Waals surface area (Å²) in [6.07, 6.45) is 2.43. The first-order valence-corrected chi connectivity index (χ1v) is 16.0. The van der Waals surface area contributed by atoms with Crippen molar-refractivity contribution in [3.63, 3.8) is 0 Å². The zero-order valence-corrected chi connectivity index (χ0v) is 20.4. The van der Waals surface area contributed by atoms with Crippen molar-refractivity contribution in [2.45, 2.75) is 33.6 Å². The van der Waals surface area contributed by atoms with E-state index in [2.05, 4.69) is 88.4 Å². The summed E-state index contributed by atoms with van der Waals surface area (Å²) in [5.41, 5.74) is 5.77. The van der Waals surface area contributed by atoms with Gasteiger partial charge in [0.05, 0.1) is 0 Å². The first-order chi connectivity index (χ1) is 13.0. The molecule has 1 fully saturated rings. The van der Waals surface area contributed by atoms with Crippen LogP contribution in [-0.4, -0.2) is 0 Å². The van der Waals surface area contributed by atoms with E-state index in [1.807, 2.05) is 0 Å². The summed E-state index contributed by atoms with van der Waals surface area (Å²) in [4.78, 5) is 0. The Bertz CT molecular complexity index is 772. The van der Waals surface area contributed by atoms with E-state index < -0.39 is 20.8 Å². The summed E-state index contributed by atoms with van der Waals surface area (Å²) in [5, 5.41) is 0. The van der Waals surface area contributed by atoms with E-state index in [1.54, 1.807) is 5.92 Å². The normalized spacial score (nSPS) is 29.6. The molecule has 0 aliphatic heterocycles. The third-order valence-electron chi connectivity index (χ3n) is 6.83. The molecule has 1 saturated carbocycles. The molecule has 0 bridgehead atoms. The van der Waals surface area contributed by atoms with E-state index in [0.29, 0.717) is 17.8 Å². The zero-order valence-electron chi connectivity index (χ0n) is 16.4. The van der Waals surface area contributed by atoms with Crippen molar-refractivity contribution in [2.75, 3.05) is 0 Å². The van der Waals surface area contributed by atoms with Crippen LogP contribution in [0.2, 0.25) is 0 Å². The predicted octanol–water partition coefficient (Wildman–Crippen LogP) is 7.83. The van der Waals surface area contributed by atoms with Gasteiger partial charge in [-0.2, -0.15) is 0 Å². The minimum atomic E-state index is -0.826. The monoisotopic (exact) mass is 475 g/mol. The van der Waals surface area contributed by atoms with E-state index in [1.165, 1.54) is 22.3 Å². The summed E-state index contributed by atoms with van der Waals surface area (Å²) in [7, 11) is 9.87. The summed E-state index contributed by atoms with van der Waals surface area (Å²) >= 11 is -0.826. The Balaban J connectivity index is 0.000000659. The van der Waals surface area contributed by atoms with Crippen LogP contribution in [0.5, 0.6) is 0 Å². The van der Waals surface area contributed by atoms with Gasteiger partial charge in [0.2, 0.25) is 0 Å². The van der Waals surface area contributed by atoms with Crippen molar-refractivity contribution in [1.82, 2.24) is 0 Å². The number of benzene rings is 2. The predicted molar refractivity (Wildman–Crippen MR) is 115 cm³/mol. The second-order valence-electron chi connectivity index (χ2n) is 7.89. The molecule has 0 nitrogen and oxygen atoms in total. The Morgan fingerprint density at radius 2 is 1.26 bits per heavy atom. The standard InChI is InChI=1S/C24H27.2ClH.Zr/c1-15-16(2)18(4)23(17(15)3)24-21-13-9-8-12-20(21)14-22(24)19-10-6-5-7-11-19;;;/h5-18,24H,1-4H3;2*1H;/q;;;+2/p-2. The van der Waals surface area contributed by atoms with Gasteiger partial charge in [0.15, 0.2) is 0 Å². The molecule has 141 valence electrons. The van der Waals surface area contributed by atoms with Gasteiger partial charge >= 0.3 is 37.9 Å². The molecular weight excluding hydrogens is 450 g/mol. The van der Waals surface area contributed by atoms with Crippen LogP contribution in [0.1, 0.15) is 50.3 Å². The maximum atomic E-state index is 4.93. The molecule has 0 amide bonds. The number of hydrogen-bond acceptors (Lipinski definition) is 0. The summed E-state index contributed by atoms with van der Waals surface area (Å²) in [6.45, 7) is 9.77. The molecule has 2 aliphatic carbocycles. The fourth-order valence-electron chi connectivity index (χ4n) is 5.02. The van der Waals surface area contributed by atoms with Crippen LogP contribution in [0.15, 0.2) is 54.6 Å². The Morgan fingerprint density at radius 3 is 1.85 bits per heavy atom. The van der Waals surface area contributed by atoms with E-state index in [9.17, 15) is 0 Å². The van der Waals surface area contributed by atoms with Crippen molar-refractivity contribution >= 4 is 28.7 Å². The molecule has 0 saturated heterocycles. The molecule has 27 heavy (non-hydrogen) atoms. The van der Waals surface area contributed by atoms with Crippen LogP contribution < -0.4 is 0 Å². The second kappa shape index (κ2) is 9.43. The molecule has 2 aliphatic rings. The molecule has 2 aromatic carbocycles.